The third kappa shape index (κ3) is 8.69. The molecule has 0 saturated heterocycles. The van der Waals surface area contributed by atoms with E-state index >= 15 is 0 Å². The summed E-state index contributed by atoms with van der Waals surface area (Å²) in [6.07, 6.45) is 19.5. The maximum absolute atomic E-state index is 12.6. The Hall–Kier alpha value is -1.08. The van der Waals surface area contributed by atoms with Crippen molar-refractivity contribution in [2.75, 3.05) is 11.1 Å². The summed E-state index contributed by atoms with van der Waals surface area (Å²) < 4.78 is 0.820. The summed E-state index contributed by atoms with van der Waals surface area (Å²) in [7, 11) is 0. The van der Waals surface area contributed by atoms with Gasteiger partial charge in [-0.25, -0.2) is 4.98 Å². The van der Waals surface area contributed by atoms with Gasteiger partial charge in [-0.15, -0.1) is 11.8 Å². The molecule has 2 aliphatic carbocycles. The molecular formula is C25H40N2O3S2. The number of nitrogens with zero attached hydrogens (tertiary/aromatic N) is 1. The molecular weight excluding hydrogens is 440 g/mol. The lowest BCUT2D eigenvalue weighted by atomic mass is 9.71. The topological polar surface area (TPSA) is 79.3 Å². The van der Waals surface area contributed by atoms with Crippen LogP contribution in [-0.2, 0) is 9.59 Å². The van der Waals surface area contributed by atoms with Crippen LogP contribution in [0.2, 0.25) is 0 Å². The van der Waals surface area contributed by atoms with E-state index in [-0.39, 0.29) is 11.7 Å². The summed E-state index contributed by atoms with van der Waals surface area (Å²) in [6, 6.07) is 0. The molecule has 1 unspecified atom stereocenters. The van der Waals surface area contributed by atoms with Gasteiger partial charge >= 0.3 is 5.97 Å². The van der Waals surface area contributed by atoms with Gasteiger partial charge in [0.2, 0.25) is 5.91 Å². The number of aromatic nitrogens is 1. The van der Waals surface area contributed by atoms with Crippen LogP contribution in [0.4, 0.5) is 5.13 Å². The standard InChI is InChI=1S/C25H40N2O3S2/c1-2-18-8-11-20(12-9-18)21(13-10-19-6-4-3-5-7-19)14-15-22(28)27-25-26-16-24(32-25)31-17-23(29)30/h16,18-21H,2-15,17H2,1H3,(H,29,30)(H,26,27,28). The van der Waals surface area contributed by atoms with E-state index in [1.165, 1.54) is 100 Å². The van der Waals surface area contributed by atoms with Crippen LogP contribution in [0.15, 0.2) is 10.4 Å². The number of carboxylic acid groups (broad SMARTS) is 1. The number of amides is 1. The fourth-order valence-corrected chi connectivity index (χ4v) is 7.23. The zero-order chi connectivity index (χ0) is 22.8. The molecule has 5 nitrogen and oxygen atoms in total. The number of carbonyl (C=O) groups is 2. The Bertz CT molecular complexity index is 710. The largest absolute Gasteiger partial charge is 0.481 e. The first-order chi connectivity index (χ1) is 15.5. The number of rotatable bonds is 12. The van der Waals surface area contributed by atoms with E-state index in [9.17, 15) is 9.59 Å². The first-order valence-electron chi connectivity index (χ1n) is 12.6. The molecule has 0 aliphatic heterocycles. The van der Waals surface area contributed by atoms with Crippen LogP contribution in [0.25, 0.3) is 0 Å². The van der Waals surface area contributed by atoms with Crippen molar-refractivity contribution in [3.05, 3.63) is 6.20 Å². The molecule has 32 heavy (non-hydrogen) atoms. The van der Waals surface area contributed by atoms with Crippen LogP contribution < -0.4 is 5.32 Å². The SMILES string of the molecule is CCC1CCC(C(CCC(=O)Nc2ncc(SCC(=O)O)s2)CCC2CCCCC2)CC1. The average Bonchev–Trinajstić information content (AvgIpc) is 3.25. The van der Waals surface area contributed by atoms with Gasteiger partial charge in [-0.3, -0.25) is 9.59 Å². The Morgan fingerprint density at radius 3 is 2.56 bits per heavy atom. The Morgan fingerprint density at radius 1 is 1.12 bits per heavy atom. The van der Waals surface area contributed by atoms with Crippen LogP contribution in [0, 0.1) is 23.7 Å². The first kappa shape index (κ1) is 25.5. The van der Waals surface area contributed by atoms with Crippen LogP contribution in [0.3, 0.4) is 0 Å². The molecule has 1 amide bonds. The lowest BCUT2D eigenvalue weighted by molar-refractivity contribution is -0.133. The van der Waals surface area contributed by atoms with Gasteiger partial charge in [-0.1, -0.05) is 76.0 Å². The summed E-state index contributed by atoms with van der Waals surface area (Å²) in [5.74, 6) is 2.47. The molecule has 7 heteroatoms. The number of carbonyl (C=O) groups excluding carboxylic acids is 1. The highest BCUT2D eigenvalue weighted by Gasteiger charge is 2.28. The number of nitrogens with one attached hydrogen (secondary N) is 1. The van der Waals surface area contributed by atoms with Crippen molar-refractivity contribution in [1.29, 1.82) is 0 Å². The number of anilines is 1. The highest BCUT2D eigenvalue weighted by atomic mass is 32.2. The maximum atomic E-state index is 12.6. The Morgan fingerprint density at radius 2 is 1.88 bits per heavy atom. The summed E-state index contributed by atoms with van der Waals surface area (Å²) in [4.78, 5) is 27.6. The molecule has 2 N–H and O–H groups in total. The first-order valence-corrected chi connectivity index (χ1v) is 14.4. The van der Waals surface area contributed by atoms with E-state index in [4.69, 9.17) is 5.11 Å². The predicted molar refractivity (Wildman–Crippen MR) is 133 cm³/mol. The summed E-state index contributed by atoms with van der Waals surface area (Å²) in [5.41, 5.74) is 0. The van der Waals surface area contributed by atoms with Gasteiger partial charge in [-0.2, -0.15) is 0 Å². The number of thiazole rings is 1. The van der Waals surface area contributed by atoms with Gasteiger partial charge in [-0.05, 0) is 49.4 Å². The second-order valence-electron chi connectivity index (χ2n) is 9.78. The van der Waals surface area contributed by atoms with Crippen molar-refractivity contribution < 1.29 is 14.7 Å². The van der Waals surface area contributed by atoms with Gasteiger partial charge in [0, 0.05) is 6.42 Å². The Kier molecular flexibility index (Phi) is 10.8. The monoisotopic (exact) mass is 480 g/mol. The lowest BCUT2D eigenvalue weighted by Crippen LogP contribution is -2.24. The average molecular weight is 481 g/mol. The van der Waals surface area contributed by atoms with Gasteiger partial charge in [0.25, 0.3) is 0 Å². The normalized spacial score (nSPS) is 23.0. The van der Waals surface area contributed by atoms with Crippen LogP contribution in [0.1, 0.15) is 96.8 Å². The Labute approximate surface area is 201 Å². The molecule has 1 atom stereocenters. The molecule has 2 fully saturated rings. The van der Waals surface area contributed by atoms with Gasteiger partial charge in [0.1, 0.15) is 0 Å². The van der Waals surface area contributed by atoms with Crippen molar-refractivity contribution in [2.45, 2.75) is 101 Å². The summed E-state index contributed by atoms with van der Waals surface area (Å²) in [6.45, 7) is 2.32. The molecule has 0 radical (unpaired) electrons. The zero-order valence-electron chi connectivity index (χ0n) is 19.5. The van der Waals surface area contributed by atoms with Crippen molar-refractivity contribution in [1.82, 2.24) is 4.98 Å². The fourth-order valence-electron chi connectivity index (χ4n) is 5.62. The Balaban J connectivity index is 1.48. The molecule has 1 heterocycles. The highest BCUT2D eigenvalue weighted by Crippen LogP contribution is 2.40. The second kappa shape index (κ2) is 13.6. The molecule has 0 spiro atoms. The van der Waals surface area contributed by atoms with Crippen LogP contribution in [0.5, 0.6) is 0 Å². The van der Waals surface area contributed by atoms with Crippen LogP contribution >= 0.6 is 23.1 Å². The van der Waals surface area contributed by atoms with E-state index in [2.05, 4.69) is 17.2 Å². The smallest absolute Gasteiger partial charge is 0.313 e. The minimum absolute atomic E-state index is 0.0124. The molecule has 0 aromatic carbocycles. The summed E-state index contributed by atoms with van der Waals surface area (Å²) >= 11 is 2.59. The van der Waals surface area contributed by atoms with E-state index in [1.807, 2.05) is 0 Å². The third-order valence-electron chi connectivity index (χ3n) is 7.62. The number of aliphatic carboxylic acids is 1. The number of carboxylic acids is 1. The molecule has 1 aromatic heterocycles. The number of hydrogen-bond donors (Lipinski definition) is 2. The van der Waals surface area contributed by atoms with Crippen molar-refractivity contribution in [2.24, 2.45) is 23.7 Å². The maximum Gasteiger partial charge on any atom is 0.313 e. The molecule has 2 aliphatic rings. The van der Waals surface area contributed by atoms with Crippen molar-refractivity contribution in [3.8, 4) is 0 Å². The van der Waals surface area contributed by atoms with Crippen molar-refractivity contribution in [3.63, 3.8) is 0 Å². The highest BCUT2D eigenvalue weighted by molar-refractivity contribution is 8.01. The fraction of sp³-hybridized carbons (Fsp3) is 0.800. The quantitative estimate of drug-likeness (QED) is 0.308. The zero-order valence-corrected chi connectivity index (χ0v) is 21.2. The minimum Gasteiger partial charge on any atom is -0.481 e. The lowest BCUT2D eigenvalue weighted by Gasteiger charge is -2.35. The molecule has 180 valence electrons. The molecule has 3 rings (SSSR count). The molecule has 1 aromatic rings. The van der Waals surface area contributed by atoms with Gasteiger partial charge < -0.3 is 10.4 Å². The van der Waals surface area contributed by atoms with Gasteiger partial charge in [0.15, 0.2) is 5.13 Å². The second-order valence-corrected chi connectivity index (χ2v) is 12.1. The van der Waals surface area contributed by atoms with Crippen LogP contribution in [-0.4, -0.2) is 27.7 Å². The summed E-state index contributed by atoms with van der Waals surface area (Å²) in [5, 5.41) is 12.3. The molecule has 0 bridgehead atoms. The number of hydrogen-bond acceptors (Lipinski definition) is 5. The van der Waals surface area contributed by atoms with E-state index in [0.717, 1.165) is 28.4 Å². The predicted octanol–water partition coefficient (Wildman–Crippen LogP) is 7.23. The minimum atomic E-state index is -0.846. The van der Waals surface area contributed by atoms with E-state index in [1.54, 1.807) is 6.20 Å². The van der Waals surface area contributed by atoms with E-state index < -0.39 is 5.97 Å². The van der Waals surface area contributed by atoms with E-state index in [0.29, 0.717) is 17.5 Å². The van der Waals surface area contributed by atoms with Gasteiger partial charge in [0.05, 0.1) is 16.2 Å². The third-order valence-corrected chi connectivity index (χ3v) is 9.71. The molecule has 2 saturated carbocycles. The number of thioether (sulfide) groups is 1. The van der Waals surface area contributed by atoms with Crippen molar-refractivity contribution >= 4 is 40.1 Å².